The zero-order valence-corrected chi connectivity index (χ0v) is 9.01. The van der Waals surface area contributed by atoms with Gasteiger partial charge in [0.05, 0.1) is 6.67 Å². The molecule has 0 atom stereocenters. The van der Waals surface area contributed by atoms with E-state index in [9.17, 15) is 4.39 Å². The molecule has 0 spiro atoms. The number of aryl methyl sites for hydroxylation is 1. The van der Waals surface area contributed by atoms with Crippen LogP contribution in [0.3, 0.4) is 0 Å². The second kappa shape index (κ2) is 4.31. The van der Waals surface area contributed by atoms with Gasteiger partial charge in [-0.2, -0.15) is 0 Å². The first kappa shape index (κ1) is 10.6. The molecule has 0 bridgehead atoms. The van der Waals surface area contributed by atoms with Crippen molar-refractivity contribution in [3.05, 3.63) is 35.4 Å². The van der Waals surface area contributed by atoms with E-state index >= 15 is 0 Å². The topological polar surface area (TPSA) is 26.0 Å². The van der Waals surface area contributed by atoms with Crippen LogP contribution < -0.4 is 5.73 Å². The predicted octanol–water partition coefficient (Wildman–Crippen LogP) is 2.62. The lowest BCUT2D eigenvalue weighted by molar-refractivity contribution is 0.473. The van der Waals surface area contributed by atoms with Gasteiger partial charge in [0.1, 0.15) is 0 Å². The average molecular weight is 207 g/mol. The summed E-state index contributed by atoms with van der Waals surface area (Å²) in [6.45, 7) is -0.229. The van der Waals surface area contributed by atoms with Crippen molar-refractivity contribution in [1.82, 2.24) is 0 Å². The molecular formula is C13H18FN. The maximum Gasteiger partial charge on any atom is 0.0897 e. The molecule has 0 aliphatic heterocycles. The Labute approximate surface area is 90.5 Å². The van der Waals surface area contributed by atoms with Gasteiger partial charge in [-0.3, -0.25) is 4.39 Å². The van der Waals surface area contributed by atoms with Crippen molar-refractivity contribution in [1.29, 1.82) is 0 Å². The monoisotopic (exact) mass is 207 g/mol. The van der Waals surface area contributed by atoms with E-state index in [4.69, 9.17) is 5.73 Å². The largest absolute Gasteiger partial charge is 0.325 e. The lowest BCUT2D eigenvalue weighted by atomic mass is 10.0. The Kier molecular flexibility index (Phi) is 3.06. The summed E-state index contributed by atoms with van der Waals surface area (Å²) in [5, 5.41) is 0. The first-order valence-corrected chi connectivity index (χ1v) is 5.65. The molecule has 2 rings (SSSR count). The smallest absolute Gasteiger partial charge is 0.0897 e. The maximum atomic E-state index is 12.0. The van der Waals surface area contributed by atoms with Crippen LogP contribution in [0.25, 0.3) is 0 Å². The molecule has 0 heterocycles. The van der Waals surface area contributed by atoms with Crippen molar-refractivity contribution >= 4 is 0 Å². The molecule has 1 saturated carbocycles. The Morgan fingerprint density at radius 1 is 1.13 bits per heavy atom. The molecule has 0 amide bonds. The van der Waals surface area contributed by atoms with E-state index in [2.05, 4.69) is 24.3 Å². The van der Waals surface area contributed by atoms with Gasteiger partial charge in [0.25, 0.3) is 0 Å². The number of nitrogens with two attached hydrogens (primary N) is 1. The third-order valence-electron chi connectivity index (χ3n) is 3.07. The van der Waals surface area contributed by atoms with Crippen LogP contribution in [-0.2, 0) is 12.8 Å². The zero-order chi connectivity index (χ0) is 10.7. The Morgan fingerprint density at radius 2 is 1.73 bits per heavy atom. The standard InChI is InChI=1S/C13H18FN/c14-9-1-2-11-3-5-12(6-4-11)10-13(15)7-8-13/h3-6H,1-2,7-10,15H2. The first-order chi connectivity index (χ1) is 7.22. The van der Waals surface area contributed by atoms with E-state index in [-0.39, 0.29) is 12.2 Å². The van der Waals surface area contributed by atoms with Gasteiger partial charge in [0.2, 0.25) is 0 Å². The van der Waals surface area contributed by atoms with Gasteiger partial charge in [-0.1, -0.05) is 24.3 Å². The van der Waals surface area contributed by atoms with Crippen LogP contribution in [-0.4, -0.2) is 12.2 Å². The molecule has 0 radical (unpaired) electrons. The van der Waals surface area contributed by atoms with Crippen LogP contribution in [0.2, 0.25) is 0 Å². The quantitative estimate of drug-likeness (QED) is 0.789. The fraction of sp³-hybridized carbons (Fsp3) is 0.538. The van der Waals surface area contributed by atoms with Gasteiger partial charge in [0, 0.05) is 5.54 Å². The van der Waals surface area contributed by atoms with Gasteiger partial charge in [-0.15, -0.1) is 0 Å². The fourth-order valence-corrected chi connectivity index (χ4v) is 1.84. The molecule has 1 aliphatic rings. The molecule has 15 heavy (non-hydrogen) atoms. The molecule has 2 N–H and O–H groups in total. The summed E-state index contributed by atoms with van der Waals surface area (Å²) < 4.78 is 12.0. The number of hydrogen-bond acceptors (Lipinski definition) is 1. The molecule has 0 aromatic heterocycles. The third-order valence-corrected chi connectivity index (χ3v) is 3.07. The Morgan fingerprint density at radius 3 is 2.27 bits per heavy atom. The lowest BCUT2D eigenvalue weighted by Gasteiger charge is -2.08. The highest BCUT2D eigenvalue weighted by Crippen LogP contribution is 2.35. The highest BCUT2D eigenvalue weighted by molar-refractivity contribution is 5.25. The molecular weight excluding hydrogens is 189 g/mol. The van der Waals surface area contributed by atoms with Crippen molar-refractivity contribution in [2.45, 2.75) is 37.6 Å². The number of rotatable bonds is 5. The van der Waals surface area contributed by atoms with Gasteiger partial charge in [-0.25, -0.2) is 0 Å². The molecule has 1 fully saturated rings. The summed E-state index contributed by atoms with van der Waals surface area (Å²) in [5.74, 6) is 0. The summed E-state index contributed by atoms with van der Waals surface area (Å²) in [4.78, 5) is 0. The molecule has 1 aliphatic carbocycles. The predicted molar refractivity (Wildman–Crippen MR) is 60.6 cm³/mol. The summed E-state index contributed by atoms with van der Waals surface area (Å²) in [7, 11) is 0. The number of halogens is 1. The van der Waals surface area contributed by atoms with Gasteiger partial charge < -0.3 is 5.73 Å². The van der Waals surface area contributed by atoms with Crippen molar-refractivity contribution in [3.63, 3.8) is 0 Å². The van der Waals surface area contributed by atoms with Crippen LogP contribution in [0.1, 0.15) is 30.4 Å². The van der Waals surface area contributed by atoms with Crippen molar-refractivity contribution < 1.29 is 4.39 Å². The van der Waals surface area contributed by atoms with E-state index in [1.807, 2.05) is 0 Å². The van der Waals surface area contributed by atoms with E-state index in [0.717, 1.165) is 25.7 Å². The summed E-state index contributed by atoms with van der Waals surface area (Å²) in [6.07, 6.45) is 4.74. The minimum atomic E-state index is -0.229. The summed E-state index contributed by atoms with van der Waals surface area (Å²) in [5.41, 5.74) is 8.66. The number of alkyl halides is 1. The van der Waals surface area contributed by atoms with Crippen LogP contribution in [0.15, 0.2) is 24.3 Å². The molecule has 1 aromatic carbocycles. The third kappa shape index (κ3) is 3.03. The van der Waals surface area contributed by atoms with Crippen LogP contribution in [0.4, 0.5) is 4.39 Å². The van der Waals surface area contributed by atoms with Crippen molar-refractivity contribution in [2.75, 3.05) is 6.67 Å². The summed E-state index contributed by atoms with van der Waals surface area (Å²) in [6, 6.07) is 8.44. The second-order valence-corrected chi connectivity index (χ2v) is 4.65. The number of hydrogen-bond donors (Lipinski definition) is 1. The highest BCUT2D eigenvalue weighted by atomic mass is 19.1. The molecule has 82 valence electrons. The van der Waals surface area contributed by atoms with E-state index in [0.29, 0.717) is 6.42 Å². The van der Waals surface area contributed by atoms with Crippen LogP contribution in [0.5, 0.6) is 0 Å². The molecule has 1 aromatic rings. The fourth-order valence-electron chi connectivity index (χ4n) is 1.84. The van der Waals surface area contributed by atoms with E-state index in [1.165, 1.54) is 11.1 Å². The minimum absolute atomic E-state index is 0.0838. The van der Waals surface area contributed by atoms with Gasteiger partial charge in [0.15, 0.2) is 0 Å². The second-order valence-electron chi connectivity index (χ2n) is 4.65. The van der Waals surface area contributed by atoms with Crippen molar-refractivity contribution in [3.8, 4) is 0 Å². The molecule has 1 nitrogen and oxygen atoms in total. The molecule has 0 unspecified atom stereocenters. The maximum absolute atomic E-state index is 12.0. The zero-order valence-electron chi connectivity index (χ0n) is 9.01. The molecule has 0 saturated heterocycles. The summed E-state index contributed by atoms with van der Waals surface area (Å²) >= 11 is 0. The molecule has 2 heteroatoms. The van der Waals surface area contributed by atoms with Gasteiger partial charge >= 0.3 is 0 Å². The van der Waals surface area contributed by atoms with E-state index < -0.39 is 0 Å². The average Bonchev–Trinajstić information content (AvgIpc) is 2.95. The first-order valence-electron chi connectivity index (χ1n) is 5.65. The Bertz CT molecular complexity index is 314. The van der Waals surface area contributed by atoms with Crippen LogP contribution in [0, 0.1) is 0 Å². The van der Waals surface area contributed by atoms with Crippen molar-refractivity contribution in [2.24, 2.45) is 5.73 Å². The normalized spacial score (nSPS) is 17.7. The highest BCUT2D eigenvalue weighted by Gasteiger charge is 2.37. The van der Waals surface area contributed by atoms with E-state index in [1.54, 1.807) is 0 Å². The van der Waals surface area contributed by atoms with Crippen LogP contribution >= 0.6 is 0 Å². The lowest BCUT2D eigenvalue weighted by Crippen LogP contribution is -2.24. The Balaban J connectivity index is 1.91. The minimum Gasteiger partial charge on any atom is -0.325 e. The number of benzene rings is 1. The van der Waals surface area contributed by atoms with Gasteiger partial charge in [-0.05, 0) is 43.2 Å². The Hall–Kier alpha value is -0.890. The SMILES string of the molecule is NC1(Cc2ccc(CCCF)cc2)CC1.